The highest BCUT2D eigenvalue weighted by molar-refractivity contribution is 5.76. The van der Waals surface area contributed by atoms with E-state index in [4.69, 9.17) is 4.74 Å². The lowest BCUT2D eigenvalue weighted by Crippen LogP contribution is -2.30. The van der Waals surface area contributed by atoms with Gasteiger partial charge in [-0.05, 0) is 49.4 Å². The van der Waals surface area contributed by atoms with Crippen molar-refractivity contribution in [2.75, 3.05) is 29.9 Å². The van der Waals surface area contributed by atoms with Crippen molar-refractivity contribution in [2.24, 2.45) is 0 Å². The van der Waals surface area contributed by atoms with E-state index in [1.54, 1.807) is 6.92 Å². The highest BCUT2D eigenvalue weighted by Crippen LogP contribution is 2.30. The molecule has 1 aliphatic carbocycles. The van der Waals surface area contributed by atoms with Gasteiger partial charge in [-0.1, -0.05) is 31.9 Å². The molecule has 1 aromatic carbocycles. The van der Waals surface area contributed by atoms with Crippen LogP contribution < -0.4 is 14.5 Å². The van der Waals surface area contributed by atoms with Gasteiger partial charge in [0.2, 0.25) is 0 Å². The second-order valence-corrected chi connectivity index (χ2v) is 9.27. The number of hydrogen-bond acceptors (Lipinski definition) is 5. The monoisotopic (exact) mass is 421 g/mol. The molecule has 31 heavy (non-hydrogen) atoms. The van der Waals surface area contributed by atoms with Gasteiger partial charge in [0.05, 0.1) is 6.54 Å². The molecule has 5 heteroatoms. The number of anilines is 2. The number of carbonyl (C=O) groups excluding carboxylic acids is 1. The average Bonchev–Trinajstić information content (AvgIpc) is 3.46. The van der Waals surface area contributed by atoms with Crippen molar-refractivity contribution in [3.63, 3.8) is 0 Å². The van der Waals surface area contributed by atoms with E-state index < -0.39 is 0 Å². The summed E-state index contributed by atoms with van der Waals surface area (Å²) in [4.78, 5) is 20.8. The molecule has 0 radical (unpaired) electrons. The Morgan fingerprint density at radius 3 is 2.65 bits per heavy atom. The average molecular weight is 422 g/mol. The first-order valence-electron chi connectivity index (χ1n) is 11.7. The molecule has 0 spiro atoms. The molecule has 1 saturated carbocycles. The number of rotatable bonds is 8. The van der Waals surface area contributed by atoms with Gasteiger partial charge in [0.15, 0.2) is 0 Å². The van der Waals surface area contributed by atoms with Gasteiger partial charge < -0.3 is 19.3 Å². The van der Waals surface area contributed by atoms with Crippen molar-refractivity contribution in [3.8, 4) is 5.75 Å². The van der Waals surface area contributed by atoms with Crippen molar-refractivity contribution in [1.29, 1.82) is 0 Å². The number of aromatic nitrogens is 1. The standard InChI is InChI=1S/C26H35N3O2/c1-19(16-20(2)30)21-8-10-24(11-9-21)31-25-13-15-29(18-25)23-12-14-27-26(17-23)28(3)22-6-4-5-7-22/h8-12,14,17,19,22,25H,4-7,13,15-16,18H2,1-3H3/t19-,25-/m1/s1. The number of ketones is 1. The SMILES string of the molecule is CC(=O)C[C@@H](C)c1ccc(O[C@@H]2CCN(c3ccnc(N(C)C4CCCC4)c3)C2)cc1. The third-order valence-electron chi connectivity index (χ3n) is 6.82. The molecule has 1 aromatic heterocycles. The molecule has 0 N–H and O–H groups in total. The van der Waals surface area contributed by atoms with Crippen LogP contribution in [0.2, 0.25) is 0 Å². The van der Waals surface area contributed by atoms with Gasteiger partial charge in [-0.15, -0.1) is 0 Å². The summed E-state index contributed by atoms with van der Waals surface area (Å²) in [6, 6.07) is 13.2. The predicted molar refractivity (Wildman–Crippen MR) is 126 cm³/mol. The van der Waals surface area contributed by atoms with Gasteiger partial charge >= 0.3 is 0 Å². The Balaban J connectivity index is 1.34. The smallest absolute Gasteiger partial charge is 0.130 e. The van der Waals surface area contributed by atoms with Crippen molar-refractivity contribution < 1.29 is 9.53 Å². The molecule has 2 heterocycles. The summed E-state index contributed by atoms with van der Waals surface area (Å²) >= 11 is 0. The number of hydrogen-bond donors (Lipinski definition) is 0. The van der Waals surface area contributed by atoms with Crippen LogP contribution in [0.25, 0.3) is 0 Å². The third-order valence-corrected chi connectivity index (χ3v) is 6.82. The summed E-state index contributed by atoms with van der Waals surface area (Å²) in [6.07, 6.45) is 8.92. The van der Waals surface area contributed by atoms with Crippen LogP contribution in [-0.2, 0) is 4.79 Å². The van der Waals surface area contributed by atoms with Crippen molar-refractivity contribution in [2.45, 2.75) is 70.4 Å². The molecule has 2 aromatic rings. The molecule has 166 valence electrons. The predicted octanol–water partition coefficient (Wildman–Crippen LogP) is 5.20. The second-order valence-electron chi connectivity index (χ2n) is 9.27. The Morgan fingerprint density at radius 2 is 1.94 bits per heavy atom. The molecule has 5 nitrogen and oxygen atoms in total. The van der Waals surface area contributed by atoms with Crippen LogP contribution in [0.5, 0.6) is 5.75 Å². The maximum atomic E-state index is 11.4. The highest BCUT2D eigenvalue weighted by Gasteiger charge is 2.26. The maximum absolute atomic E-state index is 11.4. The second kappa shape index (κ2) is 9.71. The fourth-order valence-corrected chi connectivity index (χ4v) is 4.95. The van der Waals surface area contributed by atoms with Crippen molar-refractivity contribution in [1.82, 2.24) is 4.98 Å². The molecule has 2 atom stereocenters. The van der Waals surface area contributed by atoms with Gasteiger partial charge in [0, 0.05) is 50.4 Å². The zero-order valence-electron chi connectivity index (χ0n) is 19.1. The Morgan fingerprint density at radius 1 is 1.19 bits per heavy atom. The van der Waals surface area contributed by atoms with Crippen LogP contribution in [0.4, 0.5) is 11.5 Å². The Hall–Kier alpha value is -2.56. The summed E-state index contributed by atoms with van der Waals surface area (Å²) in [5.74, 6) is 2.45. The lowest BCUT2D eigenvalue weighted by Gasteiger charge is -2.27. The maximum Gasteiger partial charge on any atom is 0.130 e. The van der Waals surface area contributed by atoms with E-state index in [1.807, 2.05) is 18.3 Å². The number of benzene rings is 1. The molecule has 2 fully saturated rings. The molecule has 0 unspecified atom stereocenters. The fourth-order valence-electron chi connectivity index (χ4n) is 4.95. The van der Waals surface area contributed by atoms with Crippen molar-refractivity contribution >= 4 is 17.3 Å². The number of pyridine rings is 1. The van der Waals surface area contributed by atoms with Gasteiger partial charge in [-0.25, -0.2) is 4.98 Å². The number of Topliss-reactive ketones (excluding diaryl/α,β-unsaturated/α-hetero) is 1. The van der Waals surface area contributed by atoms with Gasteiger partial charge in [-0.3, -0.25) is 0 Å². The minimum Gasteiger partial charge on any atom is -0.489 e. The lowest BCUT2D eigenvalue weighted by atomic mass is 9.96. The van der Waals surface area contributed by atoms with E-state index in [0.29, 0.717) is 12.5 Å². The molecular weight excluding hydrogens is 386 g/mol. The van der Waals surface area contributed by atoms with E-state index in [0.717, 1.165) is 31.1 Å². The number of ether oxygens (including phenoxy) is 1. The first-order valence-corrected chi connectivity index (χ1v) is 11.7. The minimum atomic E-state index is 0.185. The fraction of sp³-hybridized carbons (Fsp3) is 0.538. The summed E-state index contributed by atoms with van der Waals surface area (Å²) in [6.45, 7) is 5.63. The quantitative estimate of drug-likeness (QED) is 0.586. The number of nitrogens with zero attached hydrogens (tertiary/aromatic N) is 3. The van der Waals surface area contributed by atoms with Crippen molar-refractivity contribution in [3.05, 3.63) is 48.2 Å². The lowest BCUT2D eigenvalue weighted by molar-refractivity contribution is -0.117. The van der Waals surface area contributed by atoms with E-state index in [2.05, 4.69) is 53.0 Å². The van der Waals surface area contributed by atoms with E-state index in [1.165, 1.54) is 36.9 Å². The summed E-state index contributed by atoms with van der Waals surface area (Å²) in [7, 11) is 2.18. The van der Waals surface area contributed by atoms with Crippen LogP contribution in [0.3, 0.4) is 0 Å². The molecule has 4 rings (SSSR count). The van der Waals surface area contributed by atoms with Gasteiger partial charge in [-0.2, -0.15) is 0 Å². The molecule has 1 saturated heterocycles. The minimum absolute atomic E-state index is 0.185. The first-order chi connectivity index (χ1) is 15.0. The Bertz CT molecular complexity index is 876. The first kappa shape index (κ1) is 21.7. The summed E-state index contributed by atoms with van der Waals surface area (Å²) < 4.78 is 6.27. The van der Waals surface area contributed by atoms with E-state index >= 15 is 0 Å². The highest BCUT2D eigenvalue weighted by atomic mass is 16.5. The summed E-state index contributed by atoms with van der Waals surface area (Å²) in [5.41, 5.74) is 2.42. The number of carbonyl (C=O) groups is 1. The molecular formula is C26H35N3O2. The normalized spacial score (nSPS) is 20.1. The van der Waals surface area contributed by atoms with Crippen LogP contribution >= 0.6 is 0 Å². The van der Waals surface area contributed by atoms with Crippen LogP contribution in [-0.4, -0.2) is 43.1 Å². The van der Waals surface area contributed by atoms with Crippen LogP contribution in [0.15, 0.2) is 42.6 Å². The molecule has 0 amide bonds. The molecule has 0 bridgehead atoms. The largest absolute Gasteiger partial charge is 0.489 e. The summed E-state index contributed by atoms with van der Waals surface area (Å²) in [5, 5.41) is 0. The zero-order chi connectivity index (χ0) is 21.8. The molecule has 1 aliphatic heterocycles. The topological polar surface area (TPSA) is 45.7 Å². The third kappa shape index (κ3) is 5.38. The van der Waals surface area contributed by atoms with Gasteiger partial charge in [0.1, 0.15) is 23.5 Å². The van der Waals surface area contributed by atoms with Crippen LogP contribution in [0.1, 0.15) is 63.9 Å². The van der Waals surface area contributed by atoms with Gasteiger partial charge in [0.25, 0.3) is 0 Å². The van der Waals surface area contributed by atoms with E-state index in [-0.39, 0.29) is 17.8 Å². The Labute approximate surface area is 186 Å². The van der Waals surface area contributed by atoms with E-state index in [9.17, 15) is 4.79 Å². The Kier molecular flexibility index (Phi) is 6.79. The molecule has 2 aliphatic rings. The zero-order valence-corrected chi connectivity index (χ0v) is 19.1. The van der Waals surface area contributed by atoms with Crippen LogP contribution in [0, 0.1) is 0 Å².